The van der Waals surface area contributed by atoms with E-state index in [1.54, 1.807) is 0 Å². The molecule has 0 aromatic heterocycles. The average Bonchev–Trinajstić information content (AvgIpc) is 3.68. The van der Waals surface area contributed by atoms with Crippen molar-refractivity contribution in [3.8, 4) is 0 Å². The standard InChI is InChI=1S/C33H63NO5Si/c1-11-13-14-15-16-17-18-19-20-21-22-23-27(39-40(9,10)33(6,7)8)26(5)29-30(38-29)31(35)34-28(25(3)4)32(36)37-24-12-2/h12,25-30H,2,11,13-24H2,1,3-10H3,(H,34,35)/t26-,27+,28-,29+,30-/m0/s1. The smallest absolute Gasteiger partial charge is 0.329 e. The highest BCUT2D eigenvalue weighted by molar-refractivity contribution is 6.74. The first-order valence-electron chi connectivity index (χ1n) is 16.2. The maximum Gasteiger partial charge on any atom is 0.329 e. The number of esters is 1. The quantitative estimate of drug-likeness (QED) is 0.0457. The molecule has 1 fully saturated rings. The number of carbonyl (C=O) groups is 2. The number of hydrogen-bond donors (Lipinski definition) is 1. The fraction of sp³-hybridized carbons (Fsp3) is 0.879. The molecule has 0 radical (unpaired) electrons. The lowest BCUT2D eigenvalue weighted by atomic mass is 9.93. The largest absolute Gasteiger partial charge is 0.460 e. The minimum atomic E-state index is -1.99. The van der Waals surface area contributed by atoms with Crippen molar-refractivity contribution in [1.82, 2.24) is 5.32 Å². The summed E-state index contributed by atoms with van der Waals surface area (Å²) in [7, 11) is -1.99. The van der Waals surface area contributed by atoms with E-state index in [2.05, 4.69) is 59.6 Å². The second kappa shape index (κ2) is 18.4. The summed E-state index contributed by atoms with van der Waals surface area (Å²) in [5, 5.41) is 2.98. The molecule has 234 valence electrons. The zero-order valence-corrected chi connectivity index (χ0v) is 28.5. The maximum absolute atomic E-state index is 13.0. The molecule has 0 unspecified atom stereocenters. The number of rotatable bonds is 22. The zero-order valence-electron chi connectivity index (χ0n) is 27.5. The monoisotopic (exact) mass is 581 g/mol. The average molecular weight is 582 g/mol. The number of epoxide rings is 1. The number of amides is 1. The Morgan fingerprint density at radius 3 is 1.95 bits per heavy atom. The Bertz CT molecular complexity index is 748. The van der Waals surface area contributed by atoms with E-state index in [1.807, 2.05) is 13.8 Å². The van der Waals surface area contributed by atoms with Gasteiger partial charge in [0.1, 0.15) is 12.6 Å². The van der Waals surface area contributed by atoms with Gasteiger partial charge in [-0.3, -0.25) is 4.79 Å². The van der Waals surface area contributed by atoms with Gasteiger partial charge in [-0.25, -0.2) is 4.79 Å². The highest BCUT2D eigenvalue weighted by Crippen LogP contribution is 2.41. The molecule has 1 aliphatic heterocycles. The molecule has 1 N–H and O–H groups in total. The third kappa shape index (κ3) is 13.2. The molecule has 0 aromatic carbocycles. The van der Waals surface area contributed by atoms with Gasteiger partial charge in [0.2, 0.25) is 0 Å². The van der Waals surface area contributed by atoms with Crippen LogP contribution in [0, 0.1) is 11.8 Å². The highest BCUT2D eigenvalue weighted by atomic mass is 28.4. The molecule has 0 bridgehead atoms. The van der Waals surface area contributed by atoms with Crippen molar-refractivity contribution in [3.63, 3.8) is 0 Å². The van der Waals surface area contributed by atoms with Crippen molar-refractivity contribution >= 4 is 20.2 Å². The second-order valence-corrected chi connectivity index (χ2v) is 18.5. The number of ether oxygens (including phenoxy) is 2. The Morgan fingerprint density at radius 2 is 1.48 bits per heavy atom. The number of hydrogen-bond acceptors (Lipinski definition) is 5. The number of carbonyl (C=O) groups excluding carboxylic acids is 2. The van der Waals surface area contributed by atoms with Gasteiger partial charge in [-0.2, -0.15) is 0 Å². The van der Waals surface area contributed by atoms with Crippen LogP contribution in [0.5, 0.6) is 0 Å². The fourth-order valence-corrected chi connectivity index (χ4v) is 6.35. The van der Waals surface area contributed by atoms with Crippen molar-refractivity contribution in [2.75, 3.05) is 6.61 Å². The van der Waals surface area contributed by atoms with Crippen molar-refractivity contribution in [2.45, 2.75) is 168 Å². The summed E-state index contributed by atoms with van der Waals surface area (Å²) in [6.45, 7) is 23.3. The second-order valence-electron chi connectivity index (χ2n) is 13.8. The molecule has 0 saturated carbocycles. The molecule has 1 amide bonds. The fourth-order valence-electron chi connectivity index (χ4n) is 4.90. The Balaban J connectivity index is 2.65. The van der Waals surface area contributed by atoms with Crippen LogP contribution in [-0.4, -0.2) is 51.2 Å². The third-order valence-electron chi connectivity index (χ3n) is 8.79. The minimum absolute atomic E-state index is 0.0562. The van der Waals surface area contributed by atoms with Crippen LogP contribution in [0.2, 0.25) is 18.1 Å². The summed E-state index contributed by atoms with van der Waals surface area (Å²) < 4.78 is 18.0. The Kier molecular flexibility index (Phi) is 16.9. The van der Waals surface area contributed by atoms with Crippen molar-refractivity contribution < 1.29 is 23.5 Å². The van der Waals surface area contributed by atoms with Crippen LogP contribution in [0.4, 0.5) is 0 Å². The summed E-state index contributed by atoms with van der Waals surface area (Å²) in [5.74, 6) is -0.680. The molecule has 40 heavy (non-hydrogen) atoms. The topological polar surface area (TPSA) is 77.2 Å². The molecule has 1 aliphatic rings. The van der Waals surface area contributed by atoms with E-state index in [-0.39, 0.29) is 41.6 Å². The van der Waals surface area contributed by atoms with E-state index in [9.17, 15) is 9.59 Å². The van der Waals surface area contributed by atoms with E-state index >= 15 is 0 Å². The van der Waals surface area contributed by atoms with Crippen molar-refractivity contribution in [1.29, 1.82) is 0 Å². The Morgan fingerprint density at radius 1 is 0.950 bits per heavy atom. The molecule has 0 aromatic rings. The predicted molar refractivity (Wildman–Crippen MR) is 169 cm³/mol. The first-order valence-corrected chi connectivity index (χ1v) is 19.1. The third-order valence-corrected chi connectivity index (χ3v) is 13.3. The first-order chi connectivity index (χ1) is 18.8. The predicted octanol–water partition coefficient (Wildman–Crippen LogP) is 8.35. The Labute approximate surface area is 247 Å². The summed E-state index contributed by atoms with van der Waals surface area (Å²) in [6, 6.07) is -0.705. The van der Waals surface area contributed by atoms with Crippen LogP contribution < -0.4 is 5.32 Å². The summed E-state index contributed by atoms with van der Waals surface area (Å²) >= 11 is 0. The minimum Gasteiger partial charge on any atom is -0.460 e. The molecular weight excluding hydrogens is 518 g/mol. The van der Waals surface area contributed by atoms with Gasteiger partial charge in [0.25, 0.3) is 5.91 Å². The van der Waals surface area contributed by atoms with Crippen LogP contribution in [0.15, 0.2) is 12.7 Å². The summed E-state index contributed by atoms with van der Waals surface area (Å²) in [5.41, 5.74) is 0. The van der Waals surface area contributed by atoms with Gasteiger partial charge in [0.05, 0.1) is 12.2 Å². The lowest BCUT2D eigenvalue weighted by molar-refractivity contribution is -0.148. The summed E-state index contributed by atoms with van der Waals surface area (Å²) in [4.78, 5) is 25.5. The summed E-state index contributed by atoms with van der Waals surface area (Å²) in [6.07, 6.45) is 16.3. The molecule has 0 aliphatic carbocycles. The van der Waals surface area contributed by atoms with E-state index in [4.69, 9.17) is 13.9 Å². The van der Waals surface area contributed by atoms with Gasteiger partial charge in [-0.05, 0) is 30.5 Å². The van der Waals surface area contributed by atoms with Gasteiger partial charge in [0, 0.05) is 5.92 Å². The maximum atomic E-state index is 13.0. The van der Waals surface area contributed by atoms with E-state index < -0.39 is 26.4 Å². The molecule has 1 saturated heterocycles. The van der Waals surface area contributed by atoms with Gasteiger partial charge < -0.3 is 19.2 Å². The molecule has 7 heteroatoms. The van der Waals surface area contributed by atoms with Crippen molar-refractivity contribution in [2.24, 2.45) is 11.8 Å². The van der Waals surface area contributed by atoms with Crippen LogP contribution in [0.25, 0.3) is 0 Å². The lowest BCUT2D eigenvalue weighted by Gasteiger charge is -2.41. The zero-order chi connectivity index (χ0) is 30.3. The number of unbranched alkanes of at least 4 members (excludes halogenated alkanes) is 10. The van der Waals surface area contributed by atoms with Gasteiger partial charge in [0.15, 0.2) is 14.4 Å². The van der Waals surface area contributed by atoms with Gasteiger partial charge in [-0.1, -0.05) is 132 Å². The van der Waals surface area contributed by atoms with E-state index in [0.717, 1.165) is 12.8 Å². The highest BCUT2D eigenvalue weighted by Gasteiger charge is 2.52. The molecule has 1 rings (SSSR count). The van der Waals surface area contributed by atoms with Gasteiger partial charge >= 0.3 is 5.97 Å². The normalized spacial score (nSPS) is 19.6. The SMILES string of the molecule is C=CCOC(=O)[C@@H](NC(=O)[C@H]1O[C@@H]1[C@@H](C)[C@@H](CCCCCCCCCCCCC)O[Si](C)(C)C(C)(C)C)C(C)C. The van der Waals surface area contributed by atoms with Crippen LogP contribution in [-0.2, 0) is 23.5 Å². The first kappa shape index (κ1) is 36.8. The molecular formula is C33H63NO5Si. The van der Waals surface area contributed by atoms with E-state index in [0.29, 0.717) is 0 Å². The Hall–Kier alpha value is -1.18. The van der Waals surface area contributed by atoms with Gasteiger partial charge in [-0.15, -0.1) is 0 Å². The molecule has 1 heterocycles. The molecule has 0 spiro atoms. The van der Waals surface area contributed by atoms with E-state index in [1.165, 1.54) is 70.3 Å². The lowest BCUT2D eigenvalue weighted by Crippen LogP contribution is -2.48. The number of nitrogens with one attached hydrogen (secondary N) is 1. The van der Waals surface area contributed by atoms with Crippen molar-refractivity contribution in [3.05, 3.63) is 12.7 Å². The van der Waals surface area contributed by atoms with Crippen LogP contribution >= 0.6 is 0 Å². The van der Waals surface area contributed by atoms with Crippen LogP contribution in [0.3, 0.4) is 0 Å². The molecule has 6 nitrogen and oxygen atoms in total. The van der Waals surface area contributed by atoms with Crippen LogP contribution in [0.1, 0.15) is 126 Å². The molecule has 5 atom stereocenters.